The fraction of sp³-hybridized carbons (Fsp3) is 0.467. The SMILES string of the molecule is CSCC[C@@H](NC(=O)N(C)c1ccc(C)cc1C)C(=O)O. The first-order valence-corrected chi connectivity index (χ1v) is 8.09. The number of carboxylic acids is 1. The van der Waals surface area contributed by atoms with Gasteiger partial charge in [-0.05, 0) is 43.9 Å². The van der Waals surface area contributed by atoms with Crippen molar-refractivity contribution in [2.24, 2.45) is 0 Å². The standard InChI is InChI=1S/C15H22N2O3S/c1-10-5-6-13(11(2)9-10)17(3)15(20)16-12(14(18)19)7-8-21-4/h5-6,9,12H,7-8H2,1-4H3,(H,16,20)(H,18,19)/t12-/m1/s1. The summed E-state index contributed by atoms with van der Waals surface area (Å²) in [4.78, 5) is 24.8. The van der Waals surface area contributed by atoms with E-state index in [1.807, 2.05) is 38.3 Å². The van der Waals surface area contributed by atoms with Crippen LogP contribution in [0.2, 0.25) is 0 Å². The van der Waals surface area contributed by atoms with Gasteiger partial charge in [0.15, 0.2) is 0 Å². The van der Waals surface area contributed by atoms with Crippen LogP contribution in [0.3, 0.4) is 0 Å². The molecule has 0 saturated carbocycles. The molecule has 1 aromatic carbocycles. The van der Waals surface area contributed by atoms with E-state index in [0.29, 0.717) is 12.2 Å². The molecule has 0 aliphatic rings. The Bertz CT molecular complexity index is 520. The lowest BCUT2D eigenvalue weighted by molar-refractivity contribution is -0.139. The van der Waals surface area contributed by atoms with E-state index in [1.165, 1.54) is 4.90 Å². The van der Waals surface area contributed by atoms with E-state index in [-0.39, 0.29) is 0 Å². The summed E-state index contributed by atoms with van der Waals surface area (Å²) in [6.07, 6.45) is 2.31. The van der Waals surface area contributed by atoms with Gasteiger partial charge < -0.3 is 10.4 Å². The fourth-order valence-corrected chi connectivity index (χ4v) is 2.50. The largest absolute Gasteiger partial charge is 0.480 e. The van der Waals surface area contributed by atoms with Gasteiger partial charge in [-0.25, -0.2) is 9.59 Å². The molecule has 5 nitrogen and oxygen atoms in total. The number of urea groups is 1. The van der Waals surface area contributed by atoms with E-state index in [1.54, 1.807) is 18.8 Å². The second-order valence-electron chi connectivity index (χ2n) is 4.97. The molecule has 1 rings (SSSR count). The Morgan fingerprint density at radius 1 is 1.38 bits per heavy atom. The second-order valence-corrected chi connectivity index (χ2v) is 5.96. The Labute approximate surface area is 129 Å². The molecule has 0 spiro atoms. The van der Waals surface area contributed by atoms with Crippen LogP contribution in [-0.2, 0) is 4.79 Å². The van der Waals surface area contributed by atoms with Crippen LogP contribution in [0.15, 0.2) is 18.2 Å². The number of benzene rings is 1. The number of rotatable bonds is 6. The monoisotopic (exact) mass is 310 g/mol. The molecule has 21 heavy (non-hydrogen) atoms. The smallest absolute Gasteiger partial charge is 0.326 e. The van der Waals surface area contributed by atoms with Gasteiger partial charge in [0.2, 0.25) is 0 Å². The summed E-state index contributed by atoms with van der Waals surface area (Å²) in [6.45, 7) is 3.91. The third-order valence-corrected chi connectivity index (χ3v) is 3.87. The number of nitrogens with zero attached hydrogens (tertiary/aromatic N) is 1. The van der Waals surface area contributed by atoms with Crippen molar-refractivity contribution < 1.29 is 14.7 Å². The molecule has 0 aliphatic heterocycles. The quantitative estimate of drug-likeness (QED) is 0.847. The van der Waals surface area contributed by atoms with Crippen LogP contribution in [0.25, 0.3) is 0 Å². The molecule has 0 aromatic heterocycles. The number of amides is 2. The van der Waals surface area contributed by atoms with Crippen LogP contribution in [0.5, 0.6) is 0 Å². The van der Waals surface area contributed by atoms with Crippen LogP contribution < -0.4 is 10.2 Å². The van der Waals surface area contributed by atoms with Crippen molar-refractivity contribution >= 4 is 29.4 Å². The zero-order chi connectivity index (χ0) is 16.0. The zero-order valence-electron chi connectivity index (χ0n) is 12.8. The predicted molar refractivity (Wildman–Crippen MR) is 87.3 cm³/mol. The number of carbonyl (C=O) groups excluding carboxylic acids is 1. The zero-order valence-corrected chi connectivity index (χ0v) is 13.7. The number of carboxylic acid groups (broad SMARTS) is 1. The first kappa shape index (κ1) is 17.4. The molecule has 0 heterocycles. The summed E-state index contributed by atoms with van der Waals surface area (Å²) in [5, 5.41) is 11.7. The van der Waals surface area contributed by atoms with Crippen molar-refractivity contribution in [2.75, 3.05) is 24.0 Å². The van der Waals surface area contributed by atoms with Crippen molar-refractivity contribution in [2.45, 2.75) is 26.3 Å². The Morgan fingerprint density at radius 3 is 2.57 bits per heavy atom. The van der Waals surface area contributed by atoms with Gasteiger partial charge in [0.05, 0.1) is 0 Å². The minimum Gasteiger partial charge on any atom is -0.480 e. The molecule has 0 radical (unpaired) electrons. The van der Waals surface area contributed by atoms with Crippen LogP contribution in [0.4, 0.5) is 10.5 Å². The molecule has 0 saturated heterocycles. The molecule has 0 aliphatic carbocycles. The lowest BCUT2D eigenvalue weighted by Gasteiger charge is -2.23. The number of hydrogen-bond donors (Lipinski definition) is 2. The van der Waals surface area contributed by atoms with Crippen LogP contribution in [0.1, 0.15) is 17.5 Å². The number of aryl methyl sites for hydroxylation is 2. The molecule has 1 atom stereocenters. The average molecular weight is 310 g/mol. The van der Waals surface area contributed by atoms with E-state index < -0.39 is 18.0 Å². The molecule has 116 valence electrons. The van der Waals surface area contributed by atoms with E-state index in [0.717, 1.165) is 16.8 Å². The lowest BCUT2D eigenvalue weighted by atomic mass is 10.1. The summed E-state index contributed by atoms with van der Waals surface area (Å²) in [7, 11) is 1.64. The summed E-state index contributed by atoms with van der Waals surface area (Å²) < 4.78 is 0. The third kappa shape index (κ3) is 4.97. The minimum absolute atomic E-state index is 0.406. The van der Waals surface area contributed by atoms with Gasteiger partial charge in [-0.15, -0.1) is 0 Å². The number of anilines is 1. The topological polar surface area (TPSA) is 69.6 Å². The van der Waals surface area contributed by atoms with Crippen molar-refractivity contribution in [1.82, 2.24) is 5.32 Å². The molecule has 0 bridgehead atoms. The Morgan fingerprint density at radius 2 is 2.05 bits per heavy atom. The highest BCUT2D eigenvalue weighted by molar-refractivity contribution is 7.98. The Hall–Kier alpha value is -1.69. The van der Waals surface area contributed by atoms with Crippen LogP contribution in [0, 0.1) is 13.8 Å². The molecular weight excluding hydrogens is 288 g/mol. The molecular formula is C15H22N2O3S. The van der Waals surface area contributed by atoms with E-state index in [9.17, 15) is 9.59 Å². The first-order valence-electron chi connectivity index (χ1n) is 6.70. The lowest BCUT2D eigenvalue weighted by Crippen LogP contribution is -2.47. The van der Waals surface area contributed by atoms with Crippen molar-refractivity contribution in [3.8, 4) is 0 Å². The highest BCUT2D eigenvalue weighted by atomic mass is 32.2. The Kier molecular flexibility index (Phi) is 6.55. The second kappa shape index (κ2) is 7.93. The molecule has 1 aromatic rings. The summed E-state index contributed by atoms with van der Waals surface area (Å²) >= 11 is 1.56. The van der Waals surface area contributed by atoms with Gasteiger partial charge >= 0.3 is 12.0 Å². The van der Waals surface area contributed by atoms with Crippen LogP contribution in [-0.4, -0.2) is 42.2 Å². The number of aliphatic carboxylic acids is 1. The van der Waals surface area contributed by atoms with Gasteiger partial charge in [-0.1, -0.05) is 17.7 Å². The molecule has 2 amide bonds. The number of carbonyl (C=O) groups is 2. The highest BCUT2D eigenvalue weighted by Crippen LogP contribution is 2.20. The van der Waals surface area contributed by atoms with E-state index in [2.05, 4.69) is 5.32 Å². The van der Waals surface area contributed by atoms with Gasteiger partial charge in [0.25, 0.3) is 0 Å². The normalized spacial score (nSPS) is 11.8. The Balaban J connectivity index is 2.79. The van der Waals surface area contributed by atoms with Crippen molar-refractivity contribution in [3.05, 3.63) is 29.3 Å². The molecule has 0 unspecified atom stereocenters. The van der Waals surface area contributed by atoms with Gasteiger partial charge in [0, 0.05) is 12.7 Å². The molecule has 2 N–H and O–H groups in total. The summed E-state index contributed by atoms with van der Waals surface area (Å²) in [6, 6.07) is 4.51. The average Bonchev–Trinajstić information content (AvgIpc) is 2.42. The summed E-state index contributed by atoms with van der Waals surface area (Å²) in [5.41, 5.74) is 2.86. The maximum Gasteiger partial charge on any atom is 0.326 e. The van der Waals surface area contributed by atoms with Gasteiger partial charge in [-0.3, -0.25) is 4.90 Å². The van der Waals surface area contributed by atoms with E-state index >= 15 is 0 Å². The molecule has 0 fully saturated rings. The third-order valence-electron chi connectivity index (χ3n) is 3.22. The van der Waals surface area contributed by atoms with Gasteiger partial charge in [0.1, 0.15) is 6.04 Å². The maximum absolute atomic E-state index is 12.2. The summed E-state index contributed by atoms with van der Waals surface area (Å²) in [5.74, 6) is -0.323. The van der Waals surface area contributed by atoms with Crippen molar-refractivity contribution in [1.29, 1.82) is 0 Å². The van der Waals surface area contributed by atoms with E-state index in [4.69, 9.17) is 5.11 Å². The van der Waals surface area contributed by atoms with Gasteiger partial charge in [-0.2, -0.15) is 11.8 Å². The fourth-order valence-electron chi connectivity index (χ4n) is 2.03. The minimum atomic E-state index is -1.01. The highest BCUT2D eigenvalue weighted by Gasteiger charge is 2.22. The number of hydrogen-bond acceptors (Lipinski definition) is 3. The predicted octanol–water partition coefficient (Wildman–Crippen LogP) is 2.66. The van der Waals surface area contributed by atoms with Crippen molar-refractivity contribution in [3.63, 3.8) is 0 Å². The maximum atomic E-state index is 12.2. The van der Waals surface area contributed by atoms with Crippen LogP contribution >= 0.6 is 11.8 Å². The molecule has 6 heteroatoms. The number of thioether (sulfide) groups is 1. The number of nitrogens with one attached hydrogen (secondary N) is 1. The first-order chi connectivity index (χ1) is 9.86.